The summed E-state index contributed by atoms with van der Waals surface area (Å²) >= 11 is 9.22. The van der Waals surface area contributed by atoms with E-state index in [1.165, 1.54) is 38.5 Å². The zero-order chi connectivity index (χ0) is 14.0. The average Bonchev–Trinajstić information content (AvgIpc) is 2.86. The van der Waals surface area contributed by atoms with Crippen LogP contribution in [0, 0.1) is 10.1 Å². The van der Waals surface area contributed by atoms with Crippen molar-refractivity contribution in [2.45, 2.75) is 10.3 Å². The van der Waals surface area contributed by atoms with Crippen LogP contribution in [0.25, 0.3) is 0 Å². The van der Waals surface area contributed by atoms with E-state index in [0.29, 0.717) is 10.0 Å². The van der Waals surface area contributed by atoms with Crippen LogP contribution in [0.5, 0.6) is 0 Å². The normalized spacial score (nSPS) is 12.4. The van der Waals surface area contributed by atoms with Crippen LogP contribution < -0.4 is 0 Å². The Hall–Kier alpha value is -0.420. The third-order valence-electron chi connectivity index (χ3n) is 2.29. The molecule has 1 N–H and O–H groups in total. The molecule has 1 aromatic carbocycles. The highest BCUT2D eigenvalue weighted by Gasteiger charge is 2.24. The minimum Gasteiger partial charge on any atom is -0.381 e. The third kappa shape index (κ3) is 3.37. The van der Waals surface area contributed by atoms with Crippen molar-refractivity contribution in [1.82, 2.24) is 4.98 Å². The maximum atomic E-state index is 11.0. The molecule has 9 heteroatoms. The van der Waals surface area contributed by atoms with Gasteiger partial charge in [0.05, 0.1) is 20.9 Å². The van der Waals surface area contributed by atoms with Crippen molar-refractivity contribution in [3.63, 3.8) is 0 Å². The summed E-state index contributed by atoms with van der Waals surface area (Å²) in [4.78, 5) is 14.5. The van der Waals surface area contributed by atoms with Gasteiger partial charge in [0.2, 0.25) is 0 Å². The first-order valence-corrected chi connectivity index (χ1v) is 9.44. The molecule has 2 rings (SSSR count). The fraction of sp³-hybridized carbons (Fsp3) is 0.100. The number of thiazole rings is 1. The molecule has 19 heavy (non-hydrogen) atoms. The number of nitro groups is 1. The summed E-state index contributed by atoms with van der Waals surface area (Å²) in [5.74, 6) is 0. The topological polar surface area (TPSA) is 76.3 Å². The Balaban J connectivity index is 2.45. The predicted molar refractivity (Wildman–Crippen MR) is 84.2 cm³/mol. The molecule has 0 spiro atoms. The van der Waals surface area contributed by atoms with Gasteiger partial charge in [0.1, 0.15) is 11.1 Å². The van der Waals surface area contributed by atoms with Gasteiger partial charge < -0.3 is 5.11 Å². The largest absolute Gasteiger partial charge is 0.381 e. The van der Waals surface area contributed by atoms with E-state index < -0.39 is 11.0 Å². The Morgan fingerprint density at radius 2 is 2.32 bits per heavy atom. The van der Waals surface area contributed by atoms with Crippen molar-refractivity contribution < 1.29 is 10.0 Å². The Labute approximate surface area is 133 Å². The molecule has 0 aliphatic rings. The van der Waals surface area contributed by atoms with E-state index in [4.69, 9.17) is 11.6 Å². The second-order valence-corrected chi connectivity index (χ2v) is 7.13. The standard InChI is InChI=1S/C10H6ClIN2O3S2/c11-5-1-2-7(14(16)17)6(3-5)9(15)10-13-4-8(18-10)19-12/h1-4,9,15H. The average molecular weight is 429 g/mol. The number of rotatable bonds is 4. The van der Waals surface area contributed by atoms with E-state index in [-0.39, 0.29) is 11.3 Å². The maximum Gasteiger partial charge on any atom is 0.275 e. The van der Waals surface area contributed by atoms with Gasteiger partial charge in [-0.2, -0.15) is 0 Å². The lowest BCUT2D eigenvalue weighted by molar-refractivity contribution is -0.386. The number of aliphatic hydroxyl groups is 1. The smallest absolute Gasteiger partial charge is 0.275 e. The van der Waals surface area contributed by atoms with Gasteiger partial charge in [0, 0.05) is 32.3 Å². The van der Waals surface area contributed by atoms with E-state index in [1.807, 2.05) is 0 Å². The first-order valence-electron chi connectivity index (χ1n) is 4.89. The molecule has 0 aliphatic heterocycles. The highest BCUT2D eigenvalue weighted by molar-refractivity contribution is 14.2. The molecule has 0 radical (unpaired) electrons. The van der Waals surface area contributed by atoms with E-state index in [1.54, 1.807) is 6.20 Å². The van der Waals surface area contributed by atoms with Gasteiger partial charge in [-0.3, -0.25) is 10.1 Å². The summed E-state index contributed by atoms with van der Waals surface area (Å²) in [5, 5.41) is 21.9. The van der Waals surface area contributed by atoms with Crippen LogP contribution in [-0.2, 0) is 0 Å². The van der Waals surface area contributed by atoms with Crippen molar-refractivity contribution in [2.24, 2.45) is 0 Å². The molecular formula is C10H6ClIN2O3S2. The Morgan fingerprint density at radius 3 is 2.89 bits per heavy atom. The van der Waals surface area contributed by atoms with Crippen LogP contribution >= 0.6 is 53.1 Å². The van der Waals surface area contributed by atoms with Crippen molar-refractivity contribution >= 4 is 58.8 Å². The Kier molecular flexibility index (Phi) is 5.01. The molecule has 0 amide bonds. The molecule has 0 fully saturated rings. The lowest BCUT2D eigenvalue weighted by Crippen LogP contribution is -2.03. The number of nitro benzene ring substituents is 1. The highest BCUT2D eigenvalue weighted by Crippen LogP contribution is 2.37. The third-order valence-corrected chi connectivity index (χ3v) is 6.45. The van der Waals surface area contributed by atoms with Crippen LogP contribution in [0.15, 0.2) is 28.6 Å². The lowest BCUT2D eigenvalue weighted by atomic mass is 10.1. The highest BCUT2D eigenvalue weighted by atomic mass is 127. The van der Waals surface area contributed by atoms with Crippen molar-refractivity contribution in [2.75, 3.05) is 0 Å². The summed E-state index contributed by atoms with van der Waals surface area (Å²) in [6.45, 7) is 0. The predicted octanol–water partition coefficient (Wildman–Crippen LogP) is 4.23. The van der Waals surface area contributed by atoms with E-state index in [0.717, 1.165) is 4.21 Å². The Bertz CT molecular complexity index is 623. The van der Waals surface area contributed by atoms with Crippen molar-refractivity contribution in [1.29, 1.82) is 0 Å². The molecule has 0 bridgehead atoms. The molecule has 1 unspecified atom stereocenters. The second kappa shape index (κ2) is 6.35. The molecule has 1 atom stereocenters. The fourth-order valence-electron chi connectivity index (χ4n) is 1.48. The summed E-state index contributed by atoms with van der Waals surface area (Å²) in [6, 6.07) is 4.09. The second-order valence-electron chi connectivity index (χ2n) is 3.46. The summed E-state index contributed by atoms with van der Waals surface area (Å²) in [5.41, 5.74) is -0.0207. The van der Waals surface area contributed by atoms with E-state index in [2.05, 4.69) is 26.2 Å². The van der Waals surface area contributed by atoms with Gasteiger partial charge in [0.15, 0.2) is 0 Å². The van der Waals surface area contributed by atoms with Gasteiger partial charge in [0.25, 0.3) is 5.69 Å². The minimum absolute atomic E-state index is 0.150. The quantitative estimate of drug-likeness (QED) is 0.448. The number of nitrogens with zero attached hydrogens (tertiary/aromatic N) is 2. The number of hydrogen-bond donors (Lipinski definition) is 1. The molecule has 0 saturated heterocycles. The molecular weight excluding hydrogens is 423 g/mol. The molecule has 0 aliphatic carbocycles. The fourth-order valence-corrected chi connectivity index (χ4v) is 3.94. The Morgan fingerprint density at radius 1 is 1.58 bits per heavy atom. The van der Waals surface area contributed by atoms with E-state index in [9.17, 15) is 15.2 Å². The number of aliphatic hydroxyl groups excluding tert-OH is 1. The van der Waals surface area contributed by atoms with E-state index >= 15 is 0 Å². The molecule has 0 saturated carbocycles. The lowest BCUT2D eigenvalue weighted by Gasteiger charge is -2.08. The number of aromatic nitrogens is 1. The summed E-state index contributed by atoms with van der Waals surface area (Å²) < 4.78 is 0.916. The van der Waals surface area contributed by atoms with Crippen molar-refractivity contribution in [3.8, 4) is 0 Å². The number of benzene rings is 1. The van der Waals surface area contributed by atoms with Crippen LogP contribution in [0.3, 0.4) is 0 Å². The number of halogens is 2. The molecule has 5 nitrogen and oxygen atoms in total. The van der Waals surface area contributed by atoms with Gasteiger partial charge >= 0.3 is 0 Å². The minimum atomic E-state index is -1.15. The first kappa shape index (κ1) is 15.0. The first-order chi connectivity index (χ1) is 9.02. The zero-order valence-corrected chi connectivity index (χ0v) is 13.7. The van der Waals surface area contributed by atoms with Gasteiger partial charge in [-0.15, -0.1) is 11.3 Å². The van der Waals surface area contributed by atoms with Crippen LogP contribution in [0.2, 0.25) is 5.02 Å². The molecule has 1 heterocycles. The van der Waals surface area contributed by atoms with Crippen LogP contribution in [-0.4, -0.2) is 15.0 Å². The molecule has 2 aromatic rings. The molecule has 100 valence electrons. The summed E-state index contributed by atoms with van der Waals surface area (Å²) in [7, 11) is 1.47. The van der Waals surface area contributed by atoms with Gasteiger partial charge in [-0.25, -0.2) is 4.98 Å². The monoisotopic (exact) mass is 428 g/mol. The summed E-state index contributed by atoms with van der Waals surface area (Å²) in [6.07, 6.45) is 0.470. The van der Waals surface area contributed by atoms with Crippen LogP contribution in [0.4, 0.5) is 5.69 Å². The SMILES string of the molecule is O=[N+]([O-])c1ccc(Cl)cc1C(O)c1ncc(SI)s1. The van der Waals surface area contributed by atoms with Gasteiger partial charge in [-0.05, 0) is 21.1 Å². The zero-order valence-electron chi connectivity index (χ0n) is 9.12. The maximum absolute atomic E-state index is 11.0. The van der Waals surface area contributed by atoms with Gasteiger partial charge in [-0.1, -0.05) is 11.6 Å². The molecule has 1 aromatic heterocycles. The number of hydrogen-bond acceptors (Lipinski definition) is 6. The van der Waals surface area contributed by atoms with Crippen molar-refractivity contribution in [3.05, 3.63) is 50.1 Å². The van der Waals surface area contributed by atoms with Crippen LogP contribution in [0.1, 0.15) is 16.7 Å².